The zero-order chi connectivity index (χ0) is 32.4. The van der Waals surface area contributed by atoms with E-state index in [2.05, 4.69) is 23.7 Å². The highest BCUT2D eigenvalue weighted by molar-refractivity contribution is 6.31. The SMILES string of the molecule is CC1(C(=O)O)CCC(n2ncc(C(=O)N(CC(O)c3c(Cl)cccc3OC(F)F)C3CC4C(C3)C4(C)C)c2C(F)(F)F)CC1. The zero-order valence-electron chi connectivity index (χ0n) is 24.5. The zero-order valence-corrected chi connectivity index (χ0v) is 25.2. The molecule has 1 heterocycles. The summed E-state index contributed by atoms with van der Waals surface area (Å²) in [6.07, 6.45) is -4.19. The summed E-state index contributed by atoms with van der Waals surface area (Å²) in [5, 5.41) is 24.7. The second-order valence-electron chi connectivity index (χ2n) is 13.1. The van der Waals surface area contributed by atoms with Crippen molar-refractivity contribution in [1.29, 1.82) is 0 Å². The Labute approximate surface area is 256 Å². The van der Waals surface area contributed by atoms with Gasteiger partial charge in [-0.05, 0) is 74.8 Å². The average Bonchev–Trinajstić information content (AvgIpc) is 3.35. The van der Waals surface area contributed by atoms with Gasteiger partial charge in [-0.2, -0.15) is 27.1 Å². The number of benzene rings is 1. The number of carboxylic acids is 1. The second kappa shape index (κ2) is 11.5. The molecule has 242 valence electrons. The molecule has 0 spiro atoms. The van der Waals surface area contributed by atoms with Crippen LogP contribution in [0.3, 0.4) is 0 Å². The van der Waals surface area contributed by atoms with Crippen LogP contribution in [0.1, 0.15) is 93.1 Å². The first kappa shape index (κ1) is 32.5. The molecule has 2 N–H and O–H groups in total. The summed E-state index contributed by atoms with van der Waals surface area (Å²) in [6, 6.07) is 2.60. The molecule has 14 heteroatoms. The van der Waals surface area contributed by atoms with Crippen molar-refractivity contribution in [3.05, 3.63) is 46.2 Å². The van der Waals surface area contributed by atoms with E-state index in [1.165, 1.54) is 23.1 Å². The molecule has 3 aliphatic rings. The first-order chi connectivity index (χ1) is 20.5. The summed E-state index contributed by atoms with van der Waals surface area (Å²) in [7, 11) is 0. The van der Waals surface area contributed by atoms with E-state index < -0.39 is 71.8 Å². The minimum atomic E-state index is -4.97. The standard InChI is InChI=1S/C30H35ClF5N3O5/c1-28(2)18-11-16(12-19(18)28)38(14-21(40)23-20(31)5-4-6-22(23)44-27(32)33)25(41)17-13-37-39(24(17)30(34,35)36)15-7-9-29(3,10-8-15)26(42)43/h4-6,13,15-16,18-19,21,27,40H,7-12,14H2,1-3H3,(H,42,43). The van der Waals surface area contributed by atoms with Gasteiger partial charge in [-0.15, -0.1) is 0 Å². The van der Waals surface area contributed by atoms with Crippen molar-refractivity contribution in [3.8, 4) is 5.75 Å². The van der Waals surface area contributed by atoms with E-state index >= 15 is 0 Å². The van der Waals surface area contributed by atoms with Crippen LogP contribution < -0.4 is 4.74 Å². The first-order valence-corrected chi connectivity index (χ1v) is 14.9. The molecule has 1 aromatic heterocycles. The number of aliphatic hydroxyl groups excluding tert-OH is 1. The van der Waals surface area contributed by atoms with Gasteiger partial charge in [-0.3, -0.25) is 14.3 Å². The van der Waals surface area contributed by atoms with Crippen molar-refractivity contribution < 1.29 is 46.5 Å². The Balaban J connectivity index is 1.48. The lowest BCUT2D eigenvalue weighted by Gasteiger charge is -2.35. The quantitative estimate of drug-likeness (QED) is 0.285. The maximum atomic E-state index is 14.6. The van der Waals surface area contributed by atoms with Crippen molar-refractivity contribution in [1.82, 2.24) is 14.7 Å². The molecule has 3 saturated carbocycles. The van der Waals surface area contributed by atoms with Gasteiger partial charge in [0.2, 0.25) is 0 Å². The molecule has 3 atom stereocenters. The molecule has 1 aromatic carbocycles. The molecule has 44 heavy (non-hydrogen) atoms. The van der Waals surface area contributed by atoms with Gasteiger partial charge in [0.1, 0.15) is 11.9 Å². The highest BCUT2D eigenvalue weighted by Gasteiger charge is 2.63. The number of aromatic nitrogens is 2. The number of rotatable bonds is 9. The summed E-state index contributed by atoms with van der Waals surface area (Å²) in [5.74, 6) is -1.93. The van der Waals surface area contributed by atoms with Gasteiger partial charge >= 0.3 is 18.8 Å². The maximum Gasteiger partial charge on any atom is 0.433 e. The van der Waals surface area contributed by atoms with E-state index in [4.69, 9.17) is 11.6 Å². The van der Waals surface area contributed by atoms with E-state index in [1.54, 1.807) is 6.92 Å². The topological polar surface area (TPSA) is 105 Å². The maximum absolute atomic E-state index is 14.6. The van der Waals surface area contributed by atoms with E-state index in [0.29, 0.717) is 12.8 Å². The van der Waals surface area contributed by atoms with E-state index in [9.17, 15) is 41.8 Å². The molecule has 8 nitrogen and oxygen atoms in total. The van der Waals surface area contributed by atoms with Gasteiger partial charge in [0.25, 0.3) is 5.91 Å². The van der Waals surface area contributed by atoms with Crippen molar-refractivity contribution in [2.24, 2.45) is 22.7 Å². The molecule has 0 aliphatic heterocycles. The van der Waals surface area contributed by atoms with Gasteiger partial charge in [0, 0.05) is 11.6 Å². The molecule has 0 bridgehead atoms. The number of fused-ring (bicyclic) bond motifs is 1. The number of hydrogen-bond acceptors (Lipinski definition) is 5. The number of carbonyl (C=O) groups excluding carboxylic acids is 1. The lowest BCUT2D eigenvalue weighted by molar-refractivity contribution is -0.152. The summed E-state index contributed by atoms with van der Waals surface area (Å²) < 4.78 is 75.4. The Bertz CT molecular complexity index is 1410. The lowest BCUT2D eigenvalue weighted by Crippen LogP contribution is -2.43. The van der Waals surface area contributed by atoms with E-state index in [-0.39, 0.29) is 53.5 Å². The summed E-state index contributed by atoms with van der Waals surface area (Å²) in [5.41, 5.74) is -3.17. The van der Waals surface area contributed by atoms with Crippen LogP contribution in [-0.2, 0) is 11.0 Å². The fraction of sp³-hybridized carbons (Fsp3) is 0.633. The Hall–Kier alpha value is -2.93. The number of alkyl halides is 5. The Morgan fingerprint density at radius 2 is 1.77 bits per heavy atom. The van der Waals surface area contributed by atoms with Crippen LogP contribution in [0.25, 0.3) is 0 Å². The Kier molecular flexibility index (Phi) is 8.45. The second-order valence-corrected chi connectivity index (χ2v) is 13.5. The van der Waals surface area contributed by atoms with Crippen molar-refractivity contribution in [3.63, 3.8) is 0 Å². The molecule has 3 fully saturated rings. The number of amides is 1. The largest absolute Gasteiger partial charge is 0.481 e. The third-order valence-corrected chi connectivity index (χ3v) is 10.5. The number of ether oxygens (including phenoxy) is 1. The smallest absolute Gasteiger partial charge is 0.433 e. The number of hydrogen-bond donors (Lipinski definition) is 2. The molecule has 0 radical (unpaired) electrons. The molecule has 1 amide bonds. The van der Waals surface area contributed by atoms with Crippen LogP contribution in [0.15, 0.2) is 24.4 Å². The predicted octanol–water partition coefficient (Wildman–Crippen LogP) is 6.97. The van der Waals surface area contributed by atoms with Crippen LogP contribution in [0, 0.1) is 22.7 Å². The van der Waals surface area contributed by atoms with Crippen LogP contribution in [0.4, 0.5) is 22.0 Å². The van der Waals surface area contributed by atoms with Gasteiger partial charge in [-0.25, -0.2) is 0 Å². The van der Waals surface area contributed by atoms with Crippen LogP contribution in [0.2, 0.25) is 5.02 Å². The number of carboxylic acid groups (broad SMARTS) is 1. The normalized spacial score (nSPS) is 28.4. The third kappa shape index (κ3) is 5.89. The number of halogens is 6. The summed E-state index contributed by atoms with van der Waals surface area (Å²) in [6.45, 7) is 1.98. The molecule has 2 aromatic rings. The van der Waals surface area contributed by atoms with E-state index in [0.717, 1.165) is 10.9 Å². The predicted molar refractivity (Wildman–Crippen MR) is 148 cm³/mol. The monoisotopic (exact) mass is 647 g/mol. The Morgan fingerprint density at radius 3 is 2.32 bits per heavy atom. The number of aliphatic carboxylic acids is 1. The molecular weight excluding hydrogens is 613 g/mol. The molecular formula is C30H35ClF5N3O5. The molecule has 5 rings (SSSR count). The highest BCUT2D eigenvalue weighted by Crippen LogP contribution is 2.67. The first-order valence-electron chi connectivity index (χ1n) is 14.6. The van der Waals surface area contributed by atoms with Crippen molar-refractivity contribution in [2.45, 2.75) is 90.3 Å². The summed E-state index contributed by atoms with van der Waals surface area (Å²) in [4.78, 5) is 26.9. The molecule has 3 aliphatic carbocycles. The Morgan fingerprint density at radius 1 is 1.16 bits per heavy atom. The third-order valence-electron chi connectivity index (χ3n) is 10.2. The van der Waals surface area contributed by atoms with Gasteiger partial charge in [0.15, 0.2) is 5.69 Å². The van der Waals surface area contributed by atoms with Gasteiger partial charge in [-0.1, -0.05) is 31.5 Å². The minimum Gasteiger partial charge on any atom is -0.481 e. The van der Waals surface area contributed by atoms with Gasteiger partial charge < -0.3 is 19.8 Å². The van der Waals surface area contributed by atoms with Crippen molar-refractivity contribution >= 4 is 23.5 Å². The van der Waals surface area contributed by atoms with Crippen LogP contribution in [0.5, 0.6) is 5.75 Å². The number of nitrogens with zero attached hydrogens (tertiary/aromatic N) is 3. The minimum absolute atomic E-state index is 0.0261. The van der Waals surface area contributed by atoms with Crippen molar-refractivity contribution in [2.75, 3.05) is 6.54 Å². The fourth-order valence-electron chi connectivity index (χ4n) is 7.38. The van der Waals surface area contributed by atoms with Crippen LogP contribution >= 0.6 is 11.6 Å². The highest BCUT2D eigenvalue weighted by atomic mass is 35.5. The average molecular weight is 648 g/mol. The lowest BCUT2D eigenvalue weighted by atomic mass is 9.74. The van der Waals surface area contributed by atoms with Crippen LogP contribution in [-0.4, -0.2) is 56.0 Å². The fourth-order valence-corrected chi connectivity index (χ4v) is 7.67. The number of carbonyl (C=O) groups is 2. The van der Waals surface area contributed by atoms with E-state index in [1.807, 2.05) is 0 Å². The molecule has 0 saturated heterocycles. The van der Waals surface area contributed by atoms with Gasteiger partial charge in [0.05, 0.1) is 34.8 Å². The number of aliphatic hydroxyl groups is 1. The summed E-state index contributed by atoms with van der Waals surface area (Å²) >= 11 is 6.24. The molecule has 3 unspecified atom stereocenters.